The van der Waals surface area contributed by atoms with Crippen molar-refractivity contribution in [3.63, 3.8) is 0 Å². The van der Waals surface area contributed by atoms with Crippen LogP contribution in [0.5, 0.6) is 5.75 Å². The third kappa shape index (κ3) is 3.88. The Labute approximate surface area is 150 Å². The van der Waals surface area contributed by atoms with Crippen molar-refractivity contribution in [1.29, 1.82) is 0 Å². The average molecular weight is 359 g/mol. The van der Waals surface area contributed by atoms with Gasteiger partial charge in [-0.25, -0.2) is 13.1 Å². The molecule has 1 aliphatic carbocycles. The SMILES string of the molecule is COc1ccc([C@H](NS(=O)(=O)c2ccc3c(c2)CCC3)C(C)C)cc1. The van der Waals surface area contributed by atoms with Gasteiger partial charge >= 0.3 is 0 Å². The number of hydrogen-bond donors (Lipinski definition) is 1. The zero-order valence-electron chi connectivity index (χ0n) is 15.0. The lowest BCUT2D eigenvalue weighted by atomic mass is 9.97. The topological polar surface area (TPSA) is 55.4 Å². The Bertz CT molecular complexity index is 842. The molecule has 1 atom stereocenters. The van der Waals surface area contributed by atoms with E-state index in [1.165, 1.54) is 5.56 Å². The number of nitrogens with one attached hydrogen (secondary N) is 1. The molecule has 0 fully saturated rings. The lowest BCUT2D eigenvalue weighted by molar-refractivity contribution is 0.413. The molecule has 0 spiro atoms. The van der Waals surface area contributed by atoms with Gasteiger partial charge in [-0.1, -0.05) is 32.0 Å². The minimum absolute atomic E-state index is 0.123. The van der Waals surface area contributed by atoms with Crippen LogP contribution >= 0.6 is 0 Å². The Balaban J connectivity index is 1.87. The Morgan fingerprint density at radius 3 is 2.32 bits per heavy atom. The summed E-state index contributed by atoms with van der Waals surface area (Å²) in [5.74, 6) is 0.880. The minimum Gasteiger partial charge on any atom is -0.497 e. The molecule has 0 saturated carbocycles. The average Bonchev–Trinajstić information content (AvgIpc) is 3.07. The van der Waals surface area contributed by atoms with Gasteiger partial charge in [0.25, 0.3) is 0 Å². The first-order chi connectivity index (χ1) is 11.9. The van der Waals surface area contributed by atoms with Crippen LogP contribution in [0.1, 0.15) is 43.0 Å². The molecule has 0 radical (unpaired) electrons. The van der Waals surface area contributed by atoms with Crippen LogP contribution in [0, 0.1) is 5.92 Å². The Kier molecular flexibility index (Phi) is 5.16. The van der Waals surface area contributed by atoms with Crippen molar-refractivity contribution in [2.24, 2.45) is 5.92 Å². The van der Waals surface area contributed by atoms with E-state index in [9.17, 15) is 8.42 Å². The van der Waals surface area contributed by atoms with Crippen molar-refractivity contribution in [1.82, 2.24) is 4.72 Å². The summed E-state index contributed by atoms with van der Waals surface area (Å²) >= 11 is 0. The van der Waals surface area contributed by atoms with Gasteiger partial charge in [0.1, 0.15) is 5.75 Å². The highest BCUT2D eigenvalue weighted by Gasteiger charge is 2.25. The predicted molar refractivity (Wildman–Crippen MR) is 99.4 cm³/mol. The summed E-state index contributed by atoms with van der Waals surface area (Å²) in [5.41, 5.74) is 3.36. The van der Waals surface area contributed by atoms with Gasteiger partial charge in [0.2, 0.25) is 10.0 Å². The molecule has 0 amide bonds. The molecular formula is C20H25NO3S. The number of fused-ring (bicyclic) bond motifs is 1. The van der Waals surface area contributed by atoms with Gasteiger partial charge in [0.05, 0.1) is 12.0 Å². The molecule has 4 nitrogen and oxygen atoms in total. The molecule has 0 aromatic heterocycles. The molecule has 134 valence electrons. The van der Waals surface area contributed by atoms with Crippen LogP contribution < -0.4 is 9.46 Å². The smallest absolute Gasteiger partial charge is 0.241 e. The molecule has 1 N–H and O–H groups in total. The number of methoxy groups -OCH3 is 1. The number of hydrogen-bond acceptors (Lipinski definition) is 3. The van der Waals surface area contributed by atoms with E-state index in [0.29, 0.717) is 4.90 Å². The van der Waals surface area contributed by atoms with E-state index in [1.807, 2.05) is 50.2 Å². The summed E-state index contributed by atoms with van der Waals surface area (Å²) in [6.07, 6.45) is 3.11. The quantitative estimate of drug-likeness (QED) is 0.852. The van der Waals surface area contributed by atoms with Crippen LogP contribution in [0.2, 0.25) is 0 Å². The Morgan fingerprint density at radius 2 is 1.68 bits per heavy atom. The Hall–Kier alpha value is -1.85. The number of aryl methyl sites for hydroxylation is 2. The highest BCUT2D eigenvalue weighted by Crippen LogP contribution is 2.28. The predicted octanol–water partition coefficient (Wildman–Crippen LogP) is 3.86. The van der Waals surface area contributed by atoms with Crippen molar-refractivity contribution in [2.75, 3.05) is 7.11 Å². The van der Waals surface area contributed by atoms with Crippen molar-refractivity contribution in [2.45, 2.75) is 44.0 Å². The molecule has 2 aromatic rings. The van der Waals surface area contributed by atoms with Crippen molar-refractivity contribution in [3.8, 4) is 5.75 Å². The summed E-state index contributed by atoms with van der Waals surface area (Å²) < 4.78 is 33.9. The highest BCUT2D eigenvalue weighted by atomic mass is 32.2. The second kappa shape index (κ2) is 7.18. The van der Waals surface area contributed by atoms with Crippen molar-refractivity contribution in [3.05, 3.63) is 59.2 Å². The summed E-state index contributed by atoms with van der Waals surface area (Å²) in [6, 6.07) is 12.7. The highest BCUT2D eigenvalue weighted by molar-refractivity contribution is 7.89. The minimum atomic E-state index is -3.57. The summed E-state index contributed by atoms with van der Waals surface area (Å²) in [4.78, 5) is 0.354. The van der Waals surface area contributed by atoms with Gasteiger partial charge < -0.3 is 4.74 Å². The summed E-state index contributed by atoms with van der Waals surface area (Å²) in [5, 5.41) is 0. The van der Waals surface area contributed by atoms with Crippen molar-refractivity contribution < 1.29 is 13.2 Å². The maximum Gasteiger partial charge on any atom is 0.241 e. The number of benzene rings is 2. The fourth-order valence-electron chi connectivity index (χ4n) is 3.35. The number of sulfonamides is 1. The van der Waals surface area contributed by atoms with Crippen LogP contribution in [-0.2, 0) is 22.9 Å². The number of rotatable bonds is 6. The van der Waals surface area contributed by atoms with E-state index in [2.05, 4.69) is 4.72 Å². The van der Waals surface area contributed by atoms with Gasteiger partial charge in [-0.05, 0) is 66.1 Å². The molecule has 0 unspecified atom stereocenters. The molecule has 5 heteroatoms. The standard InChI is InChI=1S/C20H25NO3S/c1-14(2)20(16-7-10-18(24-3)11-8-16)21-25(22,23)19-12-9-15-5-4-6-17(15)13-19/h7-14,20-21H,4-6H2,1-3H3/t20-/m1/s1. The fourth-order valence-corrected chi connectivity index (χ4v) is 4.77. The van der Waals surface area contributed by atoms with Crippen LogP contribution in [0.15, 0.2) is 47.4 Å². The molecule has 1 aliphatic rings. The van der Waals surface area contributed by atoms with E-state index < -0.39 is 10.0 Å². The zero-order valence-corrected chi connectivity index (χ0v) is 15.8. The molecule has 2 aromatic carbocycles. The van der Waals surface area contributed by atoms with E-state index >= 15 is 0 Å². The molecule has 0 bridgehead atoms. The Morgan fingerprint density at radius 1 is 1.00 bits per heavy atom. The lowest BCUT2D eigenvalue weighted by Crippen LogP contribution is -2.31. The van der Waals surface area contributed by atoms with Crippen LogP contribution in [0.25, 0.3) is 0 Å². The van der Waals surface area contributed by atoms with Gasteiger partial charge in [-0.2, -0.15) is 0 Å². The first-order valence-corrected chi connectivity index (χ1v) is 10.2. The maximum atomic E-state index is 12.9. The van der Waals surface area contributed by atoms with E-state index in [4.69, 9.17) is 4.74 Å². The van der Waals surface area contributed by atoms with E-state index in [-0.39, 0.29) is 12.0 Å². The number of ether oxygens (including phenoxy) is 1. The second-order valence-corrected chi connectivity index (χ2v) is 8.61. The van der Waals surface area contributed by atoms with Crippen LogP contribution in [0.4, 0.5) is 0 Å². The van der Waals surface area contributed by atoms with Crippen molar-refractivity contribution >= 4 is 10.0 Å². The van der Waals surface area contributed by atoms with Gasteiger partial charge in [0, 0.05) is 6.04 Å². The van der Waals surface area contributed by atoms with Gasteiger partial charge in [-0.15, -0.1) is 0 Å². The van der Waals surface area contributed by atoms with Crippen LogP contribution in [0.3, 0.4) is 0 Å². The third-order valence-corrected chi connectivity index (χ3v) is 6.24. The summed E-state index contributed by atoms with van der Waals surface area (Å²) in [6.45, 7) is 4.03. The first-order valence-electron chi connectivity index (χ1n) is 8.69. The second-order valence-electron chi connectivity index (χ2n) is 6.90. The fraction of sp³-hybridized carbons (Fsp3) is 0.400. The zero-order chi connectivity index (χ0) is 18.0. The molecule has 0 heterocycles. The maximum absolute atomic E-state index is 12.9. The molecule has 0 aliphatic heterocycles. The molecule has 0 saturated heterocycles. The molecular weight excluding hydrogens is 334 g/mol. The normalized spacial score (nSPS) is 15.2. The first kappa shape index (κ1) is 18.0. The van der Waals surface area contributed by atoms with E-state index in [0.717, 1.165) is 36.1 Å². The monoisotopic (exact) mass is 359 g/mol. The lowest BCUT2D eigenvalue weighted by Gasteiger charge is -2.23. The van der Waals surface area contributed by atoms with Gasteiger partial charge in [-0.3, -0.25) is 0 Å². The molecule has 3 rings (SSSR count). The largest absolute Gasteiger partial charge is 0.497 e. The summed E-state index contributed by atoms with van der Waals surface area (Å²) in [7, 11) is -1.95. The molecule has 25 heavy (non-hydrogen) atoms. The van der Waals surface area contributed by atoms with E-state index in [1.54, 1.807) is 13.2 Å². The van der Waals surface area contributed by atoms with Crippen LogP contribution in [-0.4, -0.2) is 15.5 Å². The van der Waals surface area contributed by atoms with Gasteiger partial charge in [0.15, 0.2) is 0 Å². The third-order valence-electron chi connectivity index (χ3n) is 4.80.